The zero-order valence-corrected chi connectivity index (χ0v) is 43.2. The number of esters is 2. The number of hydrogen-bond donors (Lipinski definition) is 2. The van der Waals surface area contributed by atoms with E-state index in [-0.39, 0.29) is 32.6 Å². The molecule has 0 aromatic carbocycles. The van der Waals surface area contributed by atoms with Crippen molar-refractivity contribution >= 4 is 19.8 Å². The minimum absolute atomic E-state index is 0.0424. The first-order chi connectivity index (χ1) is 32.8. The molecule has 10 heteroatoms. The van der Waals surface area contributed by atoms with Crippen molar-refractivity contribution in [2.24, 2.45) is 5.73 Å². The van der Waals surface area contributed by atoms with Gasteiger partial charge in [-0.05, 0) is 103 Å². The van der Waals surface area contributed by atoms with Crippen molar-refractivity contribution in [1.82, 2.24) is 0 Å². The van der Waals surface area contributed by atoms with E-state index in [0.29, 0.717) is 12.8 Å². The van der Waals surface area contributed by atoms with E-state index in [1.807, 2.05) is 0 Å². The molecule has 0 saturated heterocycles. The molecular weight excluding hydrogens is 858 g/mol. The van der Waals surface area contributed by atoms with Crippen molar-refractivity contribution in [3.05, 3.63) is 109 Å². The summed E-state index contributed by atoms with van der Waals surface area (Å²) in [5.74, 6) is -0.867. The SMILES string of the molecule is CC/C=C\C/C=C\C/C=C\C/C=C\C/C=C\C/C=C\CCCCCCCCC(=O)OC(COC(=O)CCCCCCCC/C=C\C/C=C\C/C=C\CCCCCCC)COP(=O)(O)OCCN. The lowest BCUT2D eigenvalue weighted by atomic mass is 10.1. The van der Waals surface area contributed by atoms with Crippen LogP contribution in [-0.2, 0) is 32.7 Å². The second-order valence-electron chi connectivity index (χ2n) is 17.0. The Balaban J connectivity index is 4.14. The summed E-state index contributed by atoms with van der Waals surface area (Å²) >= 11 is 0. The lowest BCUT2D eigenvalue weighted by molar-refractivity contribution is -0.161. The molecule has 0 aromatic rings. The first-order valence-corrected chi connectivity index (χ1v) is 27.9. The molecule has 0 spiro atoms. The Morgan fingerprint density at radius 1 is 0.463 bits per heavy atom. The van der Waals surface area contributed by atoms with Gasteiger partial charge in [-0.3, -0.25) is 18.6 Å². The van der Waals surface area contributed by atoms with Crippen LogP contribution in [0.25, 0.3) is 0 Å². The molecule has 67 heavy (non-hydrogen) atoms. The summed E-state index contributed by atoms with van der Waals surface area (Å²) in [5.41, 5.74) is 5.37. The standard InChI is InChI=1S/C57H96NO8P/c1-3-5-7-9-11-13-15-17-19-21-23-25-26-27-28-30-32-34-36-38-40-42-44-46-48-50-57(60)66-55(54-65-67(61,62)64-52-51-58)53-63-56(59)49-47-45-43-41-39-37-35-33-31-29-24-22-20-18-16-14-12-10-8-6-4-2/h5,7,11,13,16-19,22-25,27-28,31-34,55H,3-4,6,8-10,12,14-15,20-21,26,29-30,35-54,58H2,1-2H3,(H,61,62)/b7-5-,13-11-,18-16-,19-17-,24-22-,25-23-,28-27-,33-31-,34-32-. The third-order valence-corrected chi connectivity index (χ3v) is 11.6. The minimum atomic E-state index is -4.40. The zero-order chi connectivity index (χ0) is 48.8. The first kappa shape index (κ1) is 63.7. The second kappa shape index (κ2) is 52.0. The van der Waals surface area contributed by atoms with Gasteiger partial charge < -0.3 is 20.1 Å². The van der Waals surface area contributed by atoms with Gasteiger partial charge in [0.15, 0.2) is 6.10 Å². The minimum Gasteiger partial charge on any atom is -0.462 e. The van der Waals surface area contributed by atoms with Gasteiger partial charge in [0.2, 0.25) is 0 Å². The van der Waals surface area contributed by atoms with Crippen LogP contribution >= 0.6 is 7.82 Å². The van der Waals surface area contributed by atoms with E-state index < -0.39 is 32.5 Å². The maximum absolute atomic E-state index is 12.7. The molecule has 9 nitrogen and oxygen atoms in total. The average Bonchev–Trinajstić information content (AvgIpc) is 3.32. The van der Waals surface area contributed by atoms with Crippen molar-refractivity contribution in [3.8, 4) is 0 Å². The fourth-order valence-corrected chi connectivity index (χ4v) is 7.53. The molecule has 3 N–H and O–H groups in total. The van der Waals surface area contributed by atoms with Gasteiger partial charge in [-0.25, -0.2) is 4.57 Å². The Labute approximate surface area is 409 Å². The maximum atomic E-state index is 12.7. The molecular formula is C57H96NO8P. The largest absolute Gasteiger partial charge is 0.472 e. The summed E-state index contributed by atoms with van der Waals surface area (Å²) in [6.45, 7) is 3.57. The van der Waals surface area contributed by atoms with E-state index in [4.69, 9.17) is 24.3 Å². The molecule has 0 rings (SSSR count). The van der Waals surface area contributed by atoms with Crippen LogP contribution in [0.3, 0.4) is 0 Å². The third-order valence-electron chi connectivity index (χ3n) is 10.6. The Morgan fingerprint density at radius 3 is 1.22 bits per heavy atom. The highest BCUT2D eigenvalue weighted by Gasteiger charge is 2.26. The summed E-state index contributed by atoms with van der Waals surface area (Å²) in [6, 6.07) is 0. The van der Waals surface area contributed by atoms with Gasteiger partial charge in [0.1, 0.15) is 6.61 Å². The summed E-state index contributed by atoms with van der Waals surface area (Å²) in [6.07, 6.45) is 69.8. The maximum Gasteiger partial charge on any atom is 0.472 e. The van der Waals surface area contributed by atoms with Crippen molar-refractivity contribution < 1.29 is 37.6 Å². The summed E-state index contributed by atoms with van der Waals surface area (Å²) in [5, 5.41) is 0. The Morgan fingerprint density at radius 2 is 0.821 bits per heavy atom. The highest BCUT2D eigenvalue weighted by molar-refractivity contribution is 7.47. The second-order valence-corrected chi connectivity index (χ2v) is 18.5. The van der Waals surface area contributed by atoms with Crippen LogP contribution in [0.4, 0.5) is 0 Å². The number of ether oxygens (including phenoxy) is 2. The van der Waals surface area contributed by atoms with E-state index >= 15 is 0 Å². The van der Waals surface area contributed by atoms with Crippen LogP contribution in [0.2, 0.25) is 0 Å². The van der Waals surface area contributed by atoms with Crippen LogP contribution in [0.5, 0.6) is 0 Å². The van der Waals surface area contributed by atoms with E-state index in [9.17, 15) is 19.0 Å². The highest BCUT2D eigenvalue weighted by Crippen LogP contribution is 2.43. The van der Waals surface area contributed by atoms with Crippen molar-refractivity contribution in [2.45, 2.75) is 213 Å². The highest BCUT2D eigenvalue weighted by atomic mass is 31.2. The van der Waals surface area contributed by atoms with Crippen molar-refractivity contribution in [2.75, 3.05) is 26.4 Å². The molecule has 0 heterocycles. The average molecular weight is 954 g/mol. The van der Waals surface area contributed by atoms with Gasteiger partial charge in [0.25, 0.3) is 0 Å². The number of phosphoric ester groups is 1. The lowest BCUT2D eigenvalue weighted by Crippen LogP contribution is -2.29. The molecule has 0 fully saturated rings. The lowest BCUT2D eigenvalue weighted by Gasteiger charge is -2.19. The molecule has 2 unspecified atom stereocenters. The van der Waals surface area contributed by atoms with Crippen LogP contribution in [0.1, 0.15) is 206 Å². The number of nitrogens with two attached hydrogens (primary N) is 1. The fourth-order valence-electron chi connectivity index (χ4n) is 6.76. The zero-order valence-electron chi connectivity index (χ0n) is 42.3. The smallest absolute Gasteiger partial charge is 0.462 e. The van der Waals surface area contributed by atoms with Crippen molar-refractivity contribution in [3.63, 3.8) is 0 Å². The summed E-state index contributed by atoms with van der Waals surface area (Å²) in [4.78, 5) is 35.1. The molecule has 0 aliphatic heterocycles. The first-order valence-electron chi connectivity index (χ1n) is 26.4. The predicted molar refractivity (Wildman–Crippen MR) is 284 cm³/mol. The number of carbonyl (C=O) groups is 2. The Bertz CT molecular complexity index is 1460. The third kappa shape index (κ3) is 51.9. The number of allylic oxidation sites excluding steroid dienone is 18. The van der Waals surface area contributed by atoms with E-state index in [2.05, 4.69) is 123 Å². The molecule has 0 bridgehead atoms. The van der Waals surface area contributed by atoms with E-state index in [0.717, 1.165) is 128 Å². The van der Waals surface area contributed by atoms with Crippen LogP contribution in [0.15, 0.2) is 109 Å². The van der Waals surface area contributed by atoms with Gasteiger partial charge >= 0.3 is 19.8 Å². The van der Waals surface area contributed by atoms with Gasteiger partial charge in [0, 0.05) is 19.4 Å². The molecule has 0 aliphatic rings. The normalized spacial score (nSPS) is 14.0. The summed E-state index contributed by atoms with van der Waals surface area (Å²) < 4.78 is 32.9. The monoisotopic (exact) mass is 954 g/mol. The van der Waals surface area contributed by atoms with Crippen LogP contribution in [-0.4, -0.2) is 49.3 Å². The quantitative estimate of drug-likeness (QED) is 0.0264. The van der Waals surface area contributed by atoms with Gasteiger partial charge in [-0.1, -0.05) is 200 Å². The number of phosphoric acid groups is 1. The predicted octanol–water partition coefficient (Wildman–Crippen LogP) is 16.3. The molecule has 0 aromatic heterocycles. The number of hydrogen-bond acceptors (Lipinski definition) is 8. The Kier molecular flexibility index (Phi) is 49.5. The molecule has 0 saturated carbocycles. The van der Waals surface area contributed by atoms with E-state index in [1.165, 1.54) is 38.5 Å². The van der Waals surface area contributed by atoms with Gasteiger partial charge in [-0.15, -0.1) is 0 Å². The van der Waals surface area contributed by atoms with Gasteiger partial charge in [-0.2, -0.15) is 0 Å². The number of rotatable bonds is 48. The Hall–Kier alpha value is -3.33. The summed E-state index contributed by atoms with van der Waals surface area (Å²) in [7, 11) is -4.40. The van der Waals surface area contributed by atoms with Crippen LogP contribution < -0.4 is 5.73 Å². The number of carbonyl (C=O) groups excluding carboxylic acids is 2. The van der Waals surface area contributed by atoms with Crippen molar-refractivity contribution in [1.29, 1.82) is 0 Å². The topological polar surface area (TPSA) is 134 Å². The van der Waals surface area contributed by atoms with Crippen LogP contribution in [0, 0.1) is 0 Å². The molecule has 0 aliphatic carbocycles. The molecule has 0 radical (unpaired) electrons. The van der Waals surface area contributed by atoms with Gasteiger partial charge in [0.05, 0.1) is 13.2 Å². The molecule has 382 valence electrons. The fraction of sp³-hybridized carbons (Fsp3) is 0.649. The molecule has 0 amide bonds. The molecule has 2 atom stereocenters. The van der Waals surface area contributed by atoms with E-state index in [1.54, 1.807) is 0 Å². The number of unbranched alkanes of at least 4 members (excludes halogenated alkanes) is 17.